The minimum atomic E-state index is 0.205. The molecule has 0 radical (unpaired) electrons. The average molecular weight is 283 g/mol. The van der Waals surface area contributed by atoms with Crippen LogP contribution in [0.25, 0.3) is 0 Å². The van der Waals surface area contributed by atoms with E-state index in [9.17, 15) is 0 Å². The molecule has 2 nitrogen and oxygen atoms in total. The Morgan fingerprint density at radius 1 is 1.10 bits per heavy atom. The number of hydrogen-bond donors (Lipinski definition) is 2. The van der Waals surface area contributed by atoms with Gasteiger partial charge in [0.05, 0.1) is 0 Å². The van der Waals surface area contributed by atoms with E-state index in [0.29, 0.717) is 22.8 Å². The molecule has 3 unspecified atom stereocenters. The second kappa shape index (κ2) is 5.96. The first-order valence-corrected chi connectivity index (χ1v) is 8.36. The van der Waals surface area contributed by atoms with Crippen LogP contribution in [0.1, 0.15) is 74.7 Å². The van der Waals surface area contributed by atoms with E-state index in [1.165, 1.54) is 19.3 Å². The van der Waals surface area contributed by atoms with Crippen LogP contribution in [-0.4, -0.2) is 18.1 Å². The standard InChI is InChI=1S/C18H38N2/c1-13-15(19)10-9-14(18(13,7)8)11-20-17(5,6)12-16(2,3)4/h13-15,20H,9-12,19H2,1-8H3. The van der Waals surface area contributed by atoms with E-state index in [1.807, 2.05) is 0 Å². The van der Waals surface area contributed by atoms with Crippen LogP contribution < -0.4 is 11.1 Å². The molecule has 3 atom stereocenters. The summed E-state index contributed by atoms with van der Waals surface area (Å²) in [5.74, 6) is 1.34. The van der Waals surface area contributed by atoms with Crippen LogP contribution in [0.2, 0.25) is 0 Å². The molecular weight excluding hydrogens is 244 g/mol. The zero-order chi connectivity index (χ0) is 15.8. The maximum absolute atomic E-state index is 6.26. The van der Waals surface area contributed by atoms with Crippen molar-refractivity contribution in [2.45, 2.75) is 86.2 Å². The molecule has 2 heteroatoms. The van der Waals surface area contributed by atoms with E-state index in [0.717, 1.165) is 12.5 Å². The minimum Gasteiger partial charge on any atom is -0.327 e. The van der Waals surface area contributed by atoms with Crippen molar-refractivity contribution in [3.05, 3.63) is 0 Å². The van der Waals surface area contributed by atoms with Crippen LogP contribution in [0.3, 0.4) is 0 Å². The van der Waals surface area contributed by atoms with Crippen molar-refractivity contribution < 1.29 is 0 Å². The van der Waals surface area contributed by atoms with Crippen LogP contribution in [0.4, 0.5) is 0 Å². The Bertz CT molecular complexity index is 312. The maximum Gasteiger partial charge on any atom is 0.0130 e. The largest absolute Gasteiger partial charge is 0.327 e. The van der Waals surface area contributed by atoms with Gasteiger partial charge in [-0.3, -0.25) is 0 Å². The predicted molar refractivity (Wildman–Crippen MR) is 89.8 cm³/mol. The minimum absolute atomic E-state index is 0.205. The molecule has 0 bridgehead atoms. The highest BCUT2D eigenvalue weighted by Crippen LogP contribution is 2.44. The summed E-state index contributed by atoms with van der Waals surface area (Å²) in [5.41, 5.74) is 7.17. The second-order valence-electron chi connectivity index (χ2n) is 9.55. The Kier molecular flexibility index (Phi) is 5.36. The summed E-state index contributed by atoms with van der Waals surface area (Å²) in [6.45, 7) is 19.9. The van der Waals surface area contributed by atoms with Gasteiger partial charge in [0.25, 0.3) is 0 Å². The molecule has 1 aliphatic carbocycles. The lowest BCUT2D eigenvalue weighted by Crippen LogP contribution is -2.52. The van der Waals surface area contributed by atoms with Gasteiger partial charge in [-0.15, -0.1) is 0 Å². The molecular formula is C18H38N2. The molecule has 1 fully saturated rings. The summed E-state index contributed by atoms with van der Waals surface area (Å²) in [5, 5.41) is 3.84. The van der Waals surface area contributed by atoms with Gasteiger partial charge in [0.15, 0.2) is 0 Å². The van der Waals surface area contributed by atoms with Crippen molar-refractivity contribution in [3.8, 4) is 0 Å². The smallest absolute Gasteiger partial charge is 0.0130 e. The number of rotatable bonds is 4. The summed E-state index contributed by atoms with van der Waals surface area (Å²) >= 11 is 0. The van der Waals surface area contributed by atoms with Crippen molar-refractivity contribution >= 4 is 0 Å². The van der Waals surface area contributed by atoms with Crippen molar-refractivity contribution in [1.82, 2.24) is 5.32 Å². The molecule has 0 aromatic rings. The fourth-order valence-corrected chi connectivity index (χ4v) is 4.09. The van der Waals surface area contributed by atoms with Crippen LogP contribution in [0, 0.1) is 22.7 Å². The Hall–Kier alpha value is -0.0800. The van der Waals surface area contributed by atoms with Gasteiger partial charge in [0.1, 0.15) is 0 Å². The molecule has 3 N–H and O–H groups in total. The Balaban J connectivity index is 2.61. The molecule has 1 aliphatic rings. The van der Waals surface area contributed by atoms with Crippen LogP contribution in [0.15, 0.2) is 0 Å². The Labute approximate surface area is 127 Å². The van der Waals surface area contributed by atoms with Gasteiger partial charge in [0, 0.05) is 11.6 Å². The monoisotopic (exact) mass is 282 g/mol. The first-order valence-electron chi connectivity index (χ1n) is 8.36. The molecule has 20 heavy (non-hydrogen) atoms. The lowest BCUT2D eigenvalue weighted by Gasteiger charge is -2.48. The van der Waals surface area contributed by atoms with E-state index in [-0.39, 0.29) is 5.54 Å². The summed E-state index contributed by atoms with van der Waals surface area (Å²) in [4.78, 5) is 0. The van der Waals surface area contributed by atoms with Gasteiger partial charge in [0.2, 0.25) is 0 Å². The van der Waals surface area contributed by atoms with Gasteiger partial charge < -0.3 is 11.1 Å². The summed E-state index contributed by atoms with van der Waals surface area (Å²) in [6.07, 6.45) is 3.63. The molecule has 120 valence electrons. The van der Waals surface area contributed by atoms with E-state index < -0.39 is 0 Å². The molecule has 1 rings (SSSR count). The zero-order valence-electron chi connectivity index (χ0n) is 15.1. The second-order valence-corrected chi connectivity index (χ2v) is 9.55. The highest BCUT2D eigenvalue weighted by atomic mass is 15.0. The van der Waals surface area contributed by atoms with Crippen molar-refractivity contribution in [1.29, 1.82) is 0 Å². The summed E-state index contributed by atoms with van der Waals surface area (Å²) in [6, 6.07) is 0.379. The topological polar surface area (TPSA) is 38.0 Å². The van der Waals surface area contributed by atoms with Gasteiger partial charge in [-0.2, -0.15) is 0 Å². The van der Waals surface area contributed by atoms with Crippen molar-refractivity contribution in [3.63, 3.8) is 0 Å². The van der Waals surface area contributed by atoms with Crippen molar-refractivity contribution in [2.75, 3.05) is 6.54 Å². The molecule has 0 saturated heterocycles. The van der Waals surface area contributed by atoms with Gasteiger partial charge in [-0.05, 0) is 62.3 Å². The first kappa shape index (κ1) is 18.0. The zero-order valence-corrected chi connectivity index (χ0v) is 15.1. The van der Waals surface area contributed by atoms with Crippen LogP contribution in [0.5, 0.6) is 0 Å². The third-order valence-corrected chi connectivity index (χ3v) is 5.52. The third-order valence-electron chi connectivity index (χ3n) is 5.52. The van der Waals surface area contributed by atoms with E-state index in [4.69, 9.17) is 5.73 Å². The molecule has 0 amide bonds. The predicted octanol–water partition coefficient (Wildman–Crippen LogP) is 4.19. The lowest BCUT2D eigenvalue weighted by atomic mass is 9.61. The fourth-order valence-electron chi connectivity index (χ4n) is 4.09. The number of nitrogens with two attached hydrogens (primary N) is 1. The summed E-state index contributed by atoms with van der Waals surface area (Å²) in [7, 11) is 0. The quantitative estimate of drug-likeness (QED) is 0.811. The van der Waals surface area contributed by atoms with Crippen LogP contribution in [-0.2, 0) is 0 Å². The summed E-state index contributed by atoms with van der Waals surface area (Å²) < 4.78 is 0. The number of hydrogen-bond acceptors (Lipinski definition) is 2. The normalized spacial score (nSPS) is 31.4. The first-order chi connectivity index (χ1) is 8.85. The fraction of sp³-hybridized carbons (Fsp3) is 1.00. The molecule has 0 aliphatic heterocycles. The van der Waals surface area contributed by atoms with Gasteiger partial charge >= 0.3 is 0 Å². The highest BCUT2D eigenvalue weighted by Gasteiger charge is 2.41. The van der Waals surface area contributed by atoms with Crippen LogP contribution >= 0.6 is 0 Å². The SMILES string of the molecule is CC1C(N)CCC(CNC(C)(C)CC(C)(C)C)C1(C)C. The van der Waals surface area contributed by atoms with E-state index in [2.05, 4.69) is 60.7 Å². The molecule has 0 heterocycles. The van der Waals surface area contributed by atoms with Gasteiger partial charge in [-0.1, -0.05) is 41.5 Å². The van der Waals surface area contributed by atoms with E-state index >= 15 is 0 Å². The third kappa shape index (κ3) is 4.73. The molecule has 0 aromatic carbocycles. The Morgan fingerprint density at radius 2 is 1.65 bits per heavy atom. The molecule has 1 saturated carbocycles. The Morgan fingerprint density at radius 3 is 2.15 bits per heavy atom. The lowest BCUT2D eigenvalue weighted by molar-refractivity contribution is 0.0477. The molecule has 0 spiro atoms. The van der Waals surface area contributed by atoms with Gasteiger partial charge in [-0.25, -0.2) is 0 Å². The molecule has 0 aromatic heterocycles. The van der Waals surface area contributed by atoms with E-state index in [1.54, 1.807) is 0 Å². The number of nitrogens with one attached hydrogen (secondary N) is 1. The highest BCUT2D eigenvalue weighted by molar-refractivity contribution is 4.95. The average Bonchev–Trinajstić information content (AvgIpc) is 2.21. The maximum atomic E-state index is 6.26. The van der Waals surface area contributed by atoms with Crippen molar-refractivity contribution in [2.24, 2.45) is 28.4 Å².